The molecular weight excluding hydrogens is 305 g/mol. The maximum atomic E-state index is 13.3. The van der Waals surface area contributed by atoms with Crippen LogP contribution in [0.5, 0.6) is 0 Å². The largest absolute Gasteiger partial charge is 0.445 e. The lowest BCUT2D eigenvalue weighted by Crippen LogP contribution is -2.40. The van der Waals surface area contributed by atoms with Crippen molar-refractivity contribution in [3.63, 3.8) is 0 Å². The molecule has 1 atom stereocenters. The van der Waals surface area contributed by atoms with E-state index in [2.05, 4.69) is 5.92 Å². The highest BCUT2D eigenvalue weighted by molar-refractivity contribution is 5.68. The van der Waals surface area contributed by atoms with Gasteiger partial charge in [-0.3, -0.25) is 4.90 Å². The second-order valence-electron chi connectivity index (χ2n) is 5.56. The summed E-state index contributed by atoms with van der Waals surface area (Å²) in [5, 5.41) is 0. The molecule has 0 aliphatic heterocycles. The van der Waals surface area contributed by atoms with Crippen LogP contribution in [0.1, 0.15) is 18.1 Å². The van der Waals surface area contributed by atoms with Gasteiger partial charge < -0.3 is 4.74 Å². The Morgan fingerprint density at radius 3 is 2.58 bits per heavy atom. The molecule has 24 heavy (non-hydrogen) atoms. The minimum Gasteiger partial charge on any atom is -0.445 e. The zero-order chi connectivity index (χ0) is 17.4. The van der Waals surface area contributed by atoms with E-state index in [0.29, 0.717) is 6.42 Å². The van der Waals surface area contributed by atoms with Crippen molar-refractivity contribution < 1.29 is 13.9 Å². The Morgan fingerprint density at radius 2 is 1.92 bits per heavy atom. The third-order valence-electron chi connectivity index (χ3n) is 3.65. The van der Waals surface area contributed by atoms with Crippen LogP contribution in [0.4, 0.5) is 9.18 Å². The molecule has 0 fully saturated rings. The van der Waals surface area contributed by atoms with E-state index in [4.69, 9.17) is 11.2 Å². The minimum atomic E-state index is -0.472. The summed E-state index contributed by atoms with van der Waals surface area (Å²) in [5.74, 6) is 2.18. The van der Waals surface area contributed by atoms with Crippen LogP contribution in [0, 0.1) is 18.2 Å². The molecule has 124 valence electrons. The monoisotopic (exact) mass is 325 g/mol. The highest BCUT2D eigenvalue weighted by atomic mass is 19.1. The summed E-state index contributed by atoms with van der Waals surface area (Å²) in [5.41, 5.74) is 1.71. The Balaban J connectivity index is 1.99. The topological polar surface area (TPSA) is 29.5 Å². The van der Waals surface area contributed by atoms with E-state index < -0.39 is 6.09 Å². The fraction of sp³-hybridized carbons (Fsp3) is 0.250. The number of hydrogen-bond donors (Lipinski definition) is 0. The van der Waals surface area contributed by atoms with Gasteiger partial charge in [0.05, 0.1) is 6.54 Å². The van der Waals surface area contributed by atoms with Crippen LogP contribution >= 0.6 is 0 Å². The molecule has 0 aliphatic carbocycles. The second kappa shape index (κ2) is 8.73. The maximum absolute atomic E-state index is 13.3. The number of benzene rings is 2. The van der Waals surface area contributed by atoms with Crippen molar-refractivity contribution in [1.29, 1.82) is 0 Å². The number of carbonyl (C=O) groups excluding carboxylic acids is 1. The first-order valence-corrected chi connectivity index (χ1v) is 7.75. The molecule has 2 aromatic rings. The van der Waals surface area contributed by atoms with E-state index >= 15 is 0 Å². The van der Waals surface area contributed by atoms with Crippen LogP contribution in [0.25, 0.3) is 0 Å². The molecule has 0 spiro atoms. The molecule has 0 aliphatic rings. The molecule has 0 aromatic heterocycles. The molecule has 0 heterocycles. The molecule has 4 heteroatoms. The summed E-state index contributed by atoms with van der Waals surface area (Å²) in [6.07, 6.45) is 5.40. The molecule has 0 saturated carbocycles. The van der Waals surface area contributed by atoms with Gasteiger partial charge in [0.2, 0.25) is 0 Å². The Labute approximate surface area is 142 Å². The fourth-order valence-corrected chi connectivity index (χ4v) is 2.42. The van der Waals surface area contributed by atoms with Gasteiger partial charge in [0.15, 0.2) is 0 Å². The van der Waals surface area contributed by atoms with Gasteiger partial charge in [-0.15, -0.1) is 6.42 Å². The Morgan fingerprint density at radius 1 is 1.21 bits per heavy atom. The lowest BCUT2D eigenvalue weighted by atomic mass is 10.1. The summed E-state index contributed by atoms with van der Waals surface area (Å²) in [4.78, 5) is 13.8. The van der Waals surface area contributed by atoms with Crippen molar-refractivity contribution in [2.45, 2.75) is 26.0 Å². The molecule has 0 radical (unpaired) electrons. The molecule has 2 rings (SSSR count). The predicted octanol–water partition coefficient (Wildman–Crippen LogP) is 4.03. The molecule has 2 aromatic carbocycles. The van der Waals surface area contributed by atoms with E-state index in [-0.39, 0.29) is 25.0 Å². The molecule has 0 N–H and O–H groups in total. The van der Waals surface area contributed by atoms with Gasteiger partial charge in [0.25, 0.3) is 0 Å². The van der Waals surface area contributed by atoms with Crippen LogP contribution in [0.3, 0.4) is 0 Å². The van der Waals surface area contributed by atoms with E-state index in [1.165, 1.54) is 17.0 Å². The first-order valence-electron chi connectivity index (χ1n) is 7.75. The standard InChI is InChI=1S/C20H20FNO2/c1-3-12-22(16(2)13-18-10-7-11-19(21)14-18)20(23)24-15-17-8-5-4-6-9-17/h1,4-11,14,16H,12-13,15H2,2H3. The van der Waals surface area contributed by atoms with Crippen molar-refractivity contribution >= 4 is 6.09 Å². The van der Waals surface area contributed by atoms with Crippen molar-refractivity contribution in [1.82, 2.24) is 4.90 Å². The van der Waals surface area contributed by atoms with E-state index in [1.807, 2.05) is 43.3 Å². The van der Waals surface area contributed by atoms with E-state index in [1.54, 1.807) is 6.07 Å². The third-order valence-corrected chi connectivity index (χ3v) is 3.65. The number of hydrogen-bond acceptors (Lipinski definition) is 2. The number of rotatable bonds is 6. The van der Waals surface area contributed by atoms with Gasteiger partial charge >= 0.3 is 6.09 Å². The third kappa shape index (κ3) is 5.13. The zero-order valence-electron chi connectivity index (χ0n) is 13.6. The maximum Gasteiger partial charge on any atom is 0.411 e. The Bertz CT molecular complexity index is 709. The van der Waals surface area contributed by atoms with Gasteiger partial charge in [0.1, 0.15) is 12.4 Å². The van der Waals surface area contributed by atoms with Gasteiger partial charge in [-0.1, -0.05) is 48.4 Å². The first kappa shape index (κ1) is 17.6. The van der Waals surface area contributed by atoms with Crippen LogP contribution in [-0.2, 0) is 17.8 Å². The number of amides is 1. The van der Waals surface area contributed by atoms with Crippen LogP contribution in [0.2, 0.25) is 0 Å². The smallest absolute Gasteiger partial charge is 0.411 e. The summed E-state index contributed by atoms with van der Waals surface area (Å²) < 4.78 is 18.6. The molecular formula is C20H20FNO2. The molecule has 1 unspecified atom stereocenters. The molecule has 0 saturated heterocycles. The molecule has 1 amide bonds. The number of halogens is 1. The van der Waals surface area contributed by atoms with Crippen LogP contribution < -0.4 is 0 Å². The quantitative estimate of drug-likeness (QED) is 0.751. The number of nitrogens with zero attached hydrogens (tertiary/aromatic N) is 1. The van der Waals surface area contributed by atoms with Crippen molar-refractivity contribution in [3.05, 3.63) is 71.5 Å². The van der Waals surface area contributed by atoms with Crippen molar-refractivity contribution in [2.75, 3.05) is 6.54 Å². The van der Waals surface area contributed by atoms with Gasteiger partial charge in [-0.2, -0.15) is 0 Å². The normalized spacial score (nSPS) is 11.4. The van der Waals surface area contributed by atoms with Gasteiger partial charge in [-0.25, -0.2) is 9.18 Å². The summed E-state index contributed by atoms with van der Waals surface area (Å²) in [6, 6.07) is 15.6. The highest BCUT2D eigenvalue weighted by Crippen LogP contribution is 2.12. The van der Waals surface area contributed by atoms with Gasteiger partial charge in [0, 0.05) is 6.04 Å². The lowest BCUT2D eigenvalue weighted by molar-refractivity contribution is 0.0886. The summed E-state index contributed by atoms with van der Waals surface area (Å²) in [7, 11) is 0. The molecule has 3 nitrogen and oxygen atoms in total. The SMILES string of the molecule is C#CCN(C(=O)OCc1ccccc1)C(C)Cc1cccc(F)c1. The summed E-state index contributed by atoms with van der Waals surface area (Å²) >= 11 is 0. The lowest BCUT2D eigenvalue weighted by Gasteiger charge is -2.27. The fourth-order valence-electron chi connectivity index (χ4n) is 2.42. The predicted molar refractivity (Wildman–Crippen MR) is 91.7 cm³/mol. The van der Waals surface area contributed by atoms with Crippen LogP contribution in [-0.4, -0.2) is 23.6 Å². The average molecular weight is 325 g/mol. The molecule has 0 bridgehead atoms. The van der Waals surface area contributed by atoms with Gasteiger partial charge in [-0.05, 0) is 36.6 Å². The van der Waals surface area contributed by atoms with Crippen molar-refractivity contribution in [3.8, 4) is 12.3 Å². The number of ether oxygens (including phenoxy) is 1. The van der Waals surface area contributed by atoms with Crippen LogP contribution in [0.15, 0.2) is 54.6 Å². The Hall–Kier alpha value is -2.80. The number of carbonyl (C=O) groups is 1. The second-order valence-corrected chi connectivity index (χ2v) is 5.56. The summed E-state index contributed by atoms with van der Waals surface area (Å²) in [6.45, 7) is 2.20. The minimum absolute atomic E-state index is 0.143. The van der Waals surface area contributed by atoms with E-state index in [9.17, 15) is 9.18 Å². The van der Waals surface area contributed by atoms with E-state index in [0.717, 1.165) is 11.1 Å². The zero-order valence-corrected chi connectivity index (χ0v) is 13.6. The first-order chi connectivity index (χ1) is 11.6. The highest BCUT2D eigenvalue weighted by Gasteiger charge is 2.21. The Kier molecular flexibility index (Phi) is 6.39. The average Bonchev–Trinajstić information content (AvgIpc) is 2.58. The van der Waals surface area contributed by atoms with Crippen molar-refractivity contribution in [2.24, 2.45) is 0 Å². The number of terminal acetylenes is 1.